The van der Waals surface area contributed by atoms with E-state index in [0.29, 0.717) is 6.04 Å². The Hall–Kier alpha value is -2.30. The van der Waals surface area contributed by atoms with Gasteiger partial charge in [-0.05, 0) is 46.9 Å². The average Bonchev–Trinajstić information content (AvgIpc) is 3.22. The van der Waals surface area contributed by atoms with Crippen LogP contribution in [0.1, 0.15) is 55.1 Å². The van der Waals surface area contributed by atoms with E-state index >= 15 is 0 Å². The van der Waals surface area contributed by atoms with E-state index in [-0.39, 0.29) is 0 Å². The van der Waals surface area contributed by atoms with Crippen molar-refractivity contribution in [2.24, 2.45) is 0 Å². The molecule has 0 aliphatic heterocycles. The number of fused-ring (bicyclic) bond motifs is 1. The first kappa shape index (κ1) is 20.6. The van der Waals surface area contributed by atoms with Crippen molar-refractivity contribution in [2.75, 3.05) is 0 Å². The summed E-state index contributed by atoms with van der Waals surface area (Å²) in [6.07, 6.45) is 7.16. The largest absolute Gasteiger partial charge is 0.303 e. The van der Waals surface area contributed by atoms with E-state index in [1.54, 1.807) is 11.8 Å². The first-order valence-corrected chi connectivity index (χ1v) is 12.4. The third-order valence-corrected chi connectivity index (χ3v) is 7.45. The predicted molar refractivity (Wildman–Crippen MR) is 130 cm³/mol. The number of halogens is 1. The molecule has 5 heteroatoms. The van der Waals surface area contributed by atoms with Gasteiger partial charge < -0.3 is 4.57 Å². The van der Waals surface area contributed by atoms with Gasteiger partial charge in [0.05, 0.1) is 0 Å². The highest BCUT2D eigenvalue weighted by atomic mass is 35.5. The van der Waals surface area contributed by atoms with Crippen molar-refractivity contribution in [3.63, 3.8) is 0 Å². The van der Waals surface area contributed by atoms with Crippen LogP contribution in [0.5, 0.6) is 0 Å². The van der Waals surface area contributed by atoms with Gasteiger partial charge in [-0.25, -0.2) is 0 Å². The summed E-state index contributed by atoms with van der Waals surface area (Å²) in [6, 6.07) is 23.7. The molecule has 1 heterocycles. The van der Waals surface area contributed by atoms with Crippen LogP contribution in [0.4, 0.5) is 0 Å². The second kappa shape index (κ2) is 9.46. The summed E-state index contributed by atoms with van der Waals surface area (Å²) in [5.41, 5.74) is 2.57. The quantitative estimate of drug-likeness (QED) is 0.287. The Bertz CT molecular complexity index is 1160. The first-order chi connectivity index (χ1) is 15.3. The van der Waals surface area contributed by atoms with Crippen LogP contribution in [0, 0.1) is 0 Å². The number of hydrogen-bond donors (Lipinski definition) is 0. The fourth-order valence-electron chi connectivity index (χ4n) is 4.58. The smallest absolute Gasteiger partial charge is 0.191 e. The molecule has 0 atom stereocenters. The Morgan fingerprint density at radius 2 is 1.65 bits per heavy atom. The maximum Gasteiger partial charge on any atom is 0.191 e. The molecular formula is C26H26ClN3S. The van der Waals surface area contributed by atoms with Crippen LogP contribution in [0.2, 0.25) is 5.02 Å². The lowest BCUT2D eigenvalue weighted by Crippen LogP contribution is -2.17. The number of benzene rings is 3. The summed E-state index contributed by atoms with van der Waals surface area (Å²) in [4.78, 5) is 0. The minimum absolute atomic E-state index is 0.501. The van der Waals surface area contributed by atoms with E-state index in [2.05, 4.69) is 64.3 Å². The zero-order valence-electron chi connectivity index (χ0n) is 17.5. The molecule has 4 aromatic rings. The number of hydrogen-bond acceptors (Lipinski definition) is 3. The molecule has 0 unspecified atom stereocenters. The minimum atomic E-state index is 0.501. The Kier molecular flexibility index (Phi) is 6.28. The Balaban J connectivity index is 1.45. The van der Waals surface area contributed by atoms with Gasteiger partial charge in [0.25, 0.3) is 0 Å². The summed E-state index contributed by atoms with van der Waals surface area (Å²) in [7, 11) is 0. The second-order valence-corrected chi connectivity index (χ2v) is 9.67. The van der Waals surface area contributed by atoms with Crippen LogP contribution < -0.4 is 0 Å². The molecule has 31 heavy (non-hydrogen) atoms. The number of aromatic nitrogens is 3. The van der Waals surface area contributed by atoms with E-state index in [0.717, 1.165) is 28.2 Å². The van der Waals surface area contributed by atoms with Crippen molar-refractivity contribution in [3.05, 3.63) is 88.7 Å². The maximum atomic E-state index is 6.04. The molecular weight excluding hydrogens is 422 g/mol. The van der Waals surface area contributed by atoms with Gasteiger partial charge in [-0.15, -0.1) is 10.2 Å². The van der Waals surface area contributed by atoms with E-state index in [1.165, 1.54) is 54.0 Å². The normalized spacial score (nSPS) is 14.9. The van der Waals surface area contributed by atoms with E-state index < -0.39 is 0 Å². The van der Waals surface area contributed by atoms with Gasteiger partial charge in [0.15, 0.2) is 5.16 Å². The van der Waals surface area contributed by atoms with Crippen molar-refractivity contribution in [2.45, 2.75) is 55.5 Å². The SMILES string of the molecule is Clc1ccc(CSc2nnc(Cc3cccc4ccccc34)n2C2CCCCC2)cc1. The Labute approximate surface area is 192 Å². The fraction of sp³-hybridized carbons (Fsp3) is 0.308. The lowest BCUT2D eigenvalue weighted by atomic mass is 9.95. The van der Waals surface area contributed by atoms with Gasteiger partial charge in [0.1, 0.15) is 5.82 Å². The van der Waals surface area contributed by atoms with Gasteiger partial charge >= 0.3 is 0 Å². The molecule has 1 aliphatic carbocycles. The van der Waals surface area contributed by atoms with Crippen LogP contribution in [0.25, 0.3) is 10.8 Å². The molecule has 0 spiro atoms. The third-order valence-electron chi connectivity index (χ3n) is 6.18. The molecule has 0 radical (unpaired) electrons. The standard InChI is InChI=1S/C26H26ClN3S/c27-22-15-13-19(14-16-22)18-31-26-29-28-25(30(26)23-10-2-1-3-11-23)17-21-9-6-8-20-7-4-5-12-24(20)21/h4-9,12-16,23H,1-3,10-11,17-18H2. The highest BCUT2D eigenvalue weighted by Gasteiger charge is 2.23. The molecule has 3 aromatic carbocycles. The second-order valence-electron chi connectivity index (χ2n) is 8.29. The van der Waals surface area contributed by atoms with Gasteiger partial charge in [-0.3, -0.25) is 0 Å². The lowest BCUT2D eigenvalue weighted by Gasteiger charge is -2.25. The Morgan fingerprint density at radius 1 is 0.871 bits per heavy atom. The highest BCUT2D eigenvalue weighted by molar-refractivity contribution is 7.98. The minimum Gasteiger partial charge on any atom is -0.303 e. The van der Waals surface area contributed by atoms with Gasteiger partial charge in [0, 0.05) is 23.2 Å². The fourth-order valence-corrected chi connectivity index (χ4v) is 5.68. The average molecular weight is 448 g/mol. The number of nitrogens with zero attached hydrogens (tertiary/aromatic N) is 3. The predicted octanol–water partition coefficient (Wildman–Crippen LogP) is 7.47. The molecule has 1 saturated carbocycles. The first-order valence-electron chi connectivity index (χ1n) is 11.1. The summed E-state index contributed by atoms with van der Waals surface area (Å²) >= 11 is 7.83. The third kappa shape index (κ3) is 4.65. The van der Waals surface area contributed by atoms with Crippen molar-refractivity contribution in [1.29, 1.82) is 0 Å². The van der Waals surface area contributed by atoms with Crippen LogP contribution >= 0.6 is 23.4 Å². The van der Waals surface area contributed by atoms with E-state index in [9.17, 15) is 0 Å². The molecule has 0 amide bonds. The van der Waals surface area contributed by atoms with Gasteiger partial charge in [-0.1, -0.05) is 97.2 Å². The molecule has 0 N–H and O–H groups in total. The summed E-state index contributed by atoms with van der Waals surface area (Å²) in [5, 5.41) is 13.7. The molecule has 3 nitrogen and oxygen atoms in total. The van der Waals surface area contributed by atoms with Crippen molar-refractivity contribution in [3.8, 4) is 0 Å². The number of thioether (sulfide) groups is 1. The van der Waals surface area contributed by atoms with Crippen LogP contribution in [-0.4, -0.2) is 14.8 Å². The zero-order valence-corrected chi connectivity index (χ0v) is 19.1. The van der Waals surface area contributed by atoms with Crippen molar-refractivity contribution < 1.29 is 0 Å². The van der Waals surface area contributed by atoms with Crippen molar-refractivity contribution >= 4 is 34.1 Å². The van der Waals surface area contributed by atoms with Gasteiger partial charge in [-0.2, -0.15) is 0 Å². The van der Waals surface area contributed by atoms with Crippen molar-refractivity contribution in [1.82, 2.24) is 14.8 Å². The summed E-state index contributed by atoms with van der Waals surface area (Å²) in [5.74, 6) is 1.96. The molecule has 0 bridgehead atoms. The highest BCUT2D eigenvalue weighted by Crippen LogP contribution is 2.34. The Morgan fingerprint density at radius 3 is 2.48 bits per heavy atom. The lowest BCUT2D eigenvalue weighted by molar-refractivity contribution is 0.330. The monoisotopic (exact) mass is 447 g/mol. The number of rotatable bonds is 6. The summed E-state index contributed by atoms with van der Waals surface area (Å²) in [6.45, 7) is 0. The van der Waals surface area contributed by atoms with Gasteiger partial charge in [0.2, 0.25) is 0 Å². The van der Waals surface area contributed by atoms with E-state index in [4.69, 9.17) is 16.7 Å². The van der Waals surface area contributed by atoms with E-state index in [1.807, 2.05) is 12.1 Å². The molecule has 0 saturated heterocycles. The van der Waals surface area contributed by atoms with Crippen LogP contribution in [-0.2, 0) is 12.2 Å². The summed E-state index contributed by atoms with van der Waals surface area (Å²) < 4.78 is 2.45. The molecule has 5 rings (SSSR count). The maximum absolute atomic E-state index is 6.04. The topological polar surface area (TPSA) is 30.7 Å². The molecule has 1 aromatic heterocycles. The van der Waals surface area contributed by atoms with Crippen LogP contribution in [0.15, 0.2) is 71.9 Å². The molecule has 1 aliphatic rings. The molecule has 158 valence electrons. The van der Waals surface area contributed by atoms with Crippen LogP contribution in [0.3, 0.4) is 0 Å². The zero-order chi connectivity index (χ0) is 21.0. The molecule has 1 fully saturated rings.